The van der Waals surface area contributed by atoms with E-state index < -0.39 is 17.2 Å². The minimum atomic E-state index is -1.09. The first-order valence-electron chi connectivity index (χ1n) is 5.34. The Hall–Kier alpha value is -1.91. The second-order valence-electron chi connectivity index (χ2n) is 4.40. The zero-order valence-electron chi connectivity index (χ0n) is 9.37. The highest BCUT2D eigenvalue weighted by Gasteiger charge is 2.62. The van der Waals surface area contributed by atoms with E-state index in [9.17, 15) is 14.0 Å². The average Bonchev–Trinajstić information content (AvgIpc) is 2.95. The van der Waals surface area contributed by atoms with E-state index in [2.05, 4.69) is 5.32 Å². The van der Waals surface area contributed by atoms with Gasteiger partial charge < -0.3 is 11.1 Å². The summed E-state index contributed by atoms with van der Waals surface area (Å²) in [6.45, 7) is 1.80. The summed E-state index contributed by atoms with van der Waals surface area (Å²) in [6, 6.07) is 5.36. The van der Waals surface area contributed by atoms with Crippen molar-refractivity contribution in [3.8, 4) is 0 Å². The Balaban J connectivity index is 2.12. The molecular weight excluding hydrogens is 223 g/mol. The van der Waals surface area contributed by atoms with E-state index >= 15 is 0 Å². The van der Waals surface area contributed by atoms with Gasteiger partial charge in [0.05, 0.1) is 0 Å². The number of anilines is 1. The number of primary amides is 1. The molecule has 5 heteroatoms. The van der Waals surface area contributed by atoms with Crippen molar-refractivity contribution >= 4 is 17.5 Å². The summed E-state index contributed by atoms with van der Waals surface area (Å²) >= 11 is 0. The van der Waals surface area contributed by atoms with E-state index in [4.69, 9.17) is 5.73 Å². The Kier molecular flexibility index (Phi) is 2.61. The summed E-state index contributed by atoms with van der Waals surface area (Å²) in [7, 11) is 0. The number of benzene rings is 1. The first kappa shape index (κ1) is 11.6. The molecule has 1 aliphatic rings. The molecule has 4 nitrogen and oxygen atoms in total. The summed E-state index contributed by atoms with van der Waals surface area (Å²) in [6.07, 6.45) is 0.468. The number of rotatable bonds is 3. The van der Waals surface area contributed by atoms with E-state index in [1.807, 2.05) is 0 Å². The fourth-order valence-electron chi connectivity index (χ4n) is 1.97. The predicted molar refractivity (Wildman–Crippen MR) is 60.4 cm³/mol. The Bertz CT molecular complexity index is 472. The van der Waals surface area contributed by atoms with Crippen LogP contribution in [-0.2, 0) is 9.59 Å². The second-order valence-corrected chi connectivity index (χ2v) is 4.40. The number of carbonyl (C=O) groups is 2. The van der Waals surface area contributed by atoms with E-state index in [-0.39, 0.29) is 11.7 Å². The minimum absolute atomic E-state index is 0.0413. The summed E-state index contributed by atoms with van der Waals surface area (Å²) in [5, 5.41) is 2.58. The number of nitrogens with one attached hydrogen (secondary N) is 1. The Labute approximate surface area is 98.0 Å². The molecule has 0 saturated heterocycles. The van der Waals surface area contributed by atoms with Crippen molar-refractivity contribution in [3.05, 3.63) is 30.1 Å². The molecule has 0 spiro atoms. The van der Waals surface area contributed by atoms with E-state index in [0.717, 1.165) is 0 Å². The van der Waals surface area contributed by atoms with Crippen LogP contribution in [0.25, 0.3) is 0 Å². The fraction of sp³-hybridized carbons (Fsp3) is 0.333. The number of amides is 2. The van der Waals surface area contributed by atoms with Crippen LogP contribution < -0.4 is 11.1 Å². The number of hydrogen-bond donors (Lipinski definition) is 2. The van der Waals surface area contributed by atoms with Crippen molar-refractivity contribution in [1.29, 1.82) is 0 Å². The second kappa shape index (κ2) is 3.84. The third-order valence-electron chi connectivity index (χ3n) is 3.26. The smallest absolute Gasteiger partial charge is 0.240 e. The molecule has 90 valence electrons. The van der Waals surface area contributed by atoms with Crippen molar-refractivity contribution in [3.63, 3.8) is 0 Å². The fourth-order valence-corrected chi connectivity index (χ4v) is 1.97. The Morgan fingerprint density at radius 2 is 1.94 bits per heavy atom. The van der Waals surface area contributed by atoms with Crippen LogP contribution in [0.1, 0.15) is 13.3 Å². The lowest BCUT2D eigenvalue weighted by Crippen LogP contribution is -2.37. The molecule has 2 atom stereocenters. The lowest BCUT2D eigenvalue weighted by atomic mass is 10.0. The molecule has 0 bridgehead atoms. The highest BCUT2D eigenvalue weighted by Crippen LogP contribution is 2.52. The van der Waals surface area contributed by atoms with E-state index in [1.165, 1.54) is 24.3 Å². The van der Waals surface area contributed by atoms with Crippen molar-refractivity contribution in [2.24, 2.45) is 17.1 Å². The van der Waals surface area contributed by atoms with Gasteiger partial charge in [-0.15, -0.1) is 0 Å². The number of hydrogen-bond acceptors (Lipinski definition) is 2. The van der Waals surface area contributed by atoms with Gasteiger partial charge in [0.1, 0.15) is 11.2 Å². The van der Waals surface area contributed by atoms with Gasteiger partial charge in [0, 0.05) is 5.69 Å². The Morgan fingerprint density at radius 1 is 1.41 bits per heavy atom. The molecule has 0 aromatic heterocycles. The van der Waals surface area contributed by atoms with Crippen LogP contribution in [0.2, 0.25) is 0 Å². The first-order valence-corrected chi connectivity index (χ1v) is 5.34. The van der Waals surface area contributed by atoms with Crippen LogP contribution in [0.5, 0.6) is 0 Å². The predicted octanol–water partition coefficient (Wildman–Crippen LogP) is 1.28. The van der Waals surface area contributed by atoms with Gasteiger partial charge in [-0.1, -0.05) is 6.92 Å². The molecule has 17 heavy (non-hydrogen) atoms. The van der Waals surface area contributed by atoms with Crippen LogP contribution in [0.4, 0.5) is 10.1 Å². The van der Waals surface area contributed by atoms with Gasteiger partial charge in [-0.05, 0) is 36.6 Å². The third-order valence-corrected chi connectivity index (χ3v) is 3.26. The van der Waals surface area contributed by atoms with Gasteiger partial charge in [-0.2, -0.15) is 0 Å². The van der Waals surface area contributed by atoms with Gasteiger partial charge in [-0.3, -0.25) is 9.59 Å². The molecular formula is C12H13FN2O2. The lowest BCUT2D eigenvalue weighted by Gasteiger charge is -2.12. The first-order chi connectivity index (χ1) is 7.96. The van der Waals surface area contributed by atoms with Gasteiger partial charge in [0.25, 0.3) is 0 Å². The SMILES string of the molecule is CC1CC1(C(N)=O)C(=O)Nc1ccc(F)cc1. The molecule has 2 amide bonds. The molecule has 1 saturated carbocycles. The molecule has 2 rings (SSSR count). The van der Waals surface area contributed by atoms with Crippen LogP contribution in [0.15, 0.2) is 24.3 Å². The summed E-state index contributed by atoms with van der Waals surface area (Å²) < 4.78 is 12.7. The molecule has 3 N–H and O–H groups in total. The molecule has 2 unspecified atom stereocenters. The van der Waals surface area contributed by atoms with Crippen LogP contribution in [0, 0.1) is 17.2 Å². The van der Waals surface area contributed by atoms with E-state index in [0.29, 0.717) is 12.1 Å². The lowest BCUT2D eigenvalue weighted by molar-refractivity contribution is -0.132. The maximum Gasteiger partial charge on any atom is 0.240 e. The molecule has 1 aromatic carbocycles. The highest BCUT2D eigenvalue weighted by atomic mass is 19.1. The third kappa shape index (κ3) is 1.88. The molecule has 0 aliphatic heterocycles. The molecule has 0 radical (unpaired) electrons. The Morgan fingerprint density at radius 3 is 2.35 bits per heavy atom. The monoisotopic (exact) mass is 236 g/mol. The van der Waals surface area contributed by atoms with Crippen molar-refractivity contribution < 1.29 is 14.0 Å². The minimum Gasteiger partial charge on any atom is -0.369 e. The van der Waals surface area contributed by atoms with Gasteiger partial charge >= 0.3 is 0 Å². The maximum absolute atomic E-state index is 12.7. The van der Waals surface area contributed by atoms with Gasteiger partial charge in [-0.25, -0.2) is 4.39 Å². The van der Waals surface area contributed by atoms with Crippen molar-refractivity contribution in [2.45, 2.75) is 13.3 Å². The molecule has 1 aliphatic carbocycles. The zero-order chi connectivity index (χ0) is 12.6. The maximum atomic E-state index is 12.7. The van der Waals surface area contributed by atoms with Gasteiger partial charge in [0.2, 0.25) is 11.8 Å². The van der Waals surface area contributed by atoms with Crippen LogP contribution >= 0.6 is 0 Å². The van der Waals surface area contributed by atoms with Crippen LogP contribution in [0.3, 0.4) is 0 Å². The number of carbonyl (C=O) groups excluding carboxylic acids is 2. The largest absolute Gasteiger partial charge is 0.369 e. The quantitative estimate of drug-likeness (QED) is 0.776. The highest BCUT2D eigenvalue weighted by molar-refractivity contribution is 6.13. The molecule has 1 aromatic rings. The zero-order valence-corrected chi connectivity index (χ0v) is 9.37. The molecule has 1 fully saturated rings. The number of halogens is 1. The average molecular weight is 236 g/mol. The normalized spacial score (nSPS) is 26.4. The topological polar surface area (TPSA) is 72.2 Å². The summed E-state index contributed by atoms with van der Waals surface area (Å²) in [4.78, 5) is 23.2. The number of nitrogens with two attached hydrogens (primary N) is 1. The summed E-state index contributed by atoms with van der Waals surface area (Å²) in [5.41, 5.74) is 4.61. The van der Waals surface area contributed by atoms with E-state index in [1.54, 1.807) is 6.92 Å². The van der Waals surface area contributed by atoms with Crippen LogP contribution in [-0.4, -0.2) is 11.8 Å². The molecule has 0 heterocycles. The van der Waals surface area contributed by atoms with Crippen molar-refractivity contribution in [1.82, 2.24) is 0 Å². The van der Waals surface area contributed by atoms with Gasteiger partial charge in [0.15, 0.2) is 0 Å². The van der Waals surface area contributed by atoms with Crippen molar-refractivity contribution in [2.75, 3.05) is 5.32 Å². The summed E-state index contributed by atoms with van der Waals surface area (Å²) in [5.74, 6) is -1.44. The standard InChI is InChI=1S/C12H13FN2O2/c1-7-6-12(7,10(14)16)11(17)15-9-4-2-8(13)3-5-9/h2-5,7H,6H2,1H3,(H2,14,16)(H,15,17).